The summed E-state index contributed by atoms with van der Waals surface area (Å²) in [6.45, 7) is 0.884. The molecule has 2 aliphatic rings. The lowest BCUT2D eigenvalue weighted by Gasteiger charge is -2.36. The van der Waals surface area contributed by atoms with Crippen molar-refractivity contribution >= 4 is 17.2 Å². The third kappa shape index (κ3) is 2.67. The predicted molar refractivity (Wildman–Crippen MR) is 75.7 cm³/mol. The Morgan fingerprint density at radius 2 is 2.26 bits per heavy atom. The second-order valence-electron chi connectivity index (χ2n) is 5.68. The lowest BCUT2D eigenvalue weighted by Crippen LogP contribution is -2.41. The van der Waals surface area contributed by atoms with Crippen LogP contribution < -0.4 is 5.73 Å². The number of amides is 1. The van der Waals surface area contributed by atoms with Gasteiger partial charge in [-0.25, -0.2) is 4.98 Å². The van der Waals surface area contributed by atoms with Crippen molar-refractivity contribution in [1.29, 1.82) is 0 Å². The van der Waals surface area contributed by atoms with Crippen LogP contribution in [0.1, 0.15) is 49.6 Å². The second-order valence-corrected chi connectivity index (χ2v) is 6.61. The average Bonchev–Trinajstić information content (AvgIpc) is 3.09. The highest BCUT2D eigenvalue weighted by atomic mass is 32.1. The van der Waals surface area contributed by atoms with E-state index >= 15 is 0 Å². The van der Waals surface area contributed by atoms with Crippen LogP contribution in [0.25, 0.3) is 0 Å². The molecule has 1 aliphatic heterocycles. The summed E-state index contributed by atoms with van der Waals surface area (Å²) in [7, 11) is 0. The SMILES string of the molecule is NC1CCC(C(=O)N2CCCCC2c2nccs2)C1. The van der Waals surface area contributed by atoms with Crippen molar-refractivity contribution in [2.45, 2.75) is 50.6 Å². The summed E-state index contributed by atoms with van der Waals surface area (Å²) in [5.74, 6) is 0.461. The number of rotatable bonds is 2. The molecule has 1 saturated heterocycles. The minimum atomic E-state index is 0.149. The average molecular weight is 279 g/mol. The van der Waals surface area contributed by atoms with E-state index in [1.54, 1.807) is 11.3 Å². The molecule has 0 aromatic carbocycles. The second kappa shape index (κ2) is 5.59. The van der Waals surface area contributed by atoms with Gasteiger partial charge in [-0.15, -0.1) is 11.3 Å². The third-order valence-corrected chi connectivity index (χ3v) is 5.22. The van der Waals surface area contributed by atoms with Crippen molar-refractivity contribution in [1.82, 2.24) is 9.88 Å². The fourth-order valence-electron chi connectivity index (χ4n) is 3.33. The van der Waals surface area contributed by atoms with E-state index < -0.39 is 0 Å². The number of carbonyl (C=O) groups excluding carboxylic acids is 1. The van der Waals surface area contributed by atoms with Crippen LogP contribution in [-0.4, -0.2) is 28.4 Å². The zero-order valence-electron chi connectivity index (χ0n) is 11.1. The fraction of sp³-hybridized carbons (Fsp3) is 0.714. The van der Waals surface area contributed by atoms with Gasteiger partial charge in [-0.3, -0.25) is 4.79 Å². The number of likely N-dealkylation sites (tertiary alicyclic amines) is 1. The molecule has 104 valence electrons. The fourth-order valence-corrected chi connectivity index (χ4v) is 4.11. The van der Waals surface area contributed by atoms with Crippen molar-refractivity contribution in [3.63, 3.8) is 0 Å². The molecule has 0 spiro atoms. The van der Waals surface area contributed by atoms with E-state index in [1.807, 2.05) is 11.6 Å². The number of nitrogens with zero attached hydrogens (tertiary/aromatic N) is 2. The molecule has 1 aliphatic carbocycles. The molecule has 0 radical (unpaired) electrons. The van der Waals surface area contributed by atoms with Gasteiger partial charge in [-0.05, 0) is 38.5 Å². The van der Waals surface area contributed by atoms with Gasteiger partial charge in [0.2, 0.25) is 5.91 Å². The van der Waals surface area contributed by atoms with Gasteiger partial charge in [-0.1, -0.05) is 0 Å². The number of aromatic nitrogens is 1. The van der Waals surface area contributed by atoms with Crippen molar-refractivity contribution < 1.29 is 4.79 Å². The maximum Gasteiger partial charge on any atom is 0.226 e. The minimum Gasteiger partial charge on any atom is -0.333 e. The largest absolute Gasteiger partial charge is 0.333 e. The Balaban J connectivity index is 1.75. The first-order valence-corrected chi connectivity index (χ1v) is 8.09. The van der Waals surface area contributed by atoms with Crippen LogP contribution in [0.2, 0.25) is 0 Å². The van der Waals surface area contributed by atoms with Crippen molar-refractivity contribution in [3.05, 3.63) is 16.6 Å². The third-order valence-electron chi connectivity index (χ3n) is 4.34. The summed E-state index contributed by atoms with van der Waals surface area (Å²) < 4.78 is 0. The minimum absolute atomic E-state index is 0.149. The van der Waals surface area contributed by atoms with Gasteiger partial charge in [0, 0.05) is 30.1 Å². The Bertz CT molecular complexity index is 434. The van der Waals surface area contributed by atoms with Crippen LogP contribution in [0.5, 0.6) is 0 Å². The highest BCUT2D eigenvalue weighted by molar-refractivity contribution is 7.09. The molecular formula is C14H21N3OS. The normalized spacial score (nSPS) is 31.6. The molecular weight excluding hydrogens is 258 g/mol. The molecule has 2 heterocycles. The van der Waals surface area contributed by atoms with E-state index in [9.17, 15) is 4.79 Å². The Morgan fingerprint density at radius 3 is 2.95 bits per heavy atom. The molecule has 3 atom stereocenters. The molecule has 0 bridgehead atoms. The zero-order valence-corrected chi connectivity index (χ0v) is 11.9. The lowest BCUT2D eigenvalue weighted by atomic mass is 9.98. The summed E-state index contributed by atoms with van der Waals surface area (Å²) in [6, 6.07) is 0.426. The maximum absolute atomic E-state index is 12.7. The van der Waals surface area contributed by atoms with Crippen molar-refractivity contribution in [2.24, 2.45) is 11.7 Å². The molecule has 2 N–H and O–H groups in total. The predicted octanol–water partition coefficient (Wildman–Crippen LogP) is 2.32. The Kier molecular flexibility index (Phi) is 3.84. The molecule has 5 heteroatoms. The molecule has 1 saturated carbocycles. The van der Waals surface area contributed by atoms with Crippen molar-refractivity contribution in [2.75, 3.05) is 6.54 Å². The summed E-state index contributed by atoms with van der Waals surface area (Å²) >= 11 is 1.66. The van der Waals surface area contributed by atoms with E-state index in [0.717, 1.165) is 43.7 Å². The summed E-state index contributed by atoms with van der Waals surface area (Å²) in [5, 5.41) is 3.09. The maximum atomic E-state index is 12.7. The van der Waals surface area contributed by atoms with Crippen LogP contribution in [0.15, 0.2) is 11.6 Å². The van der Waals surface area contributed by atoms with Gasteiger partial charge in [0.25, 0.3) is 0 Å². The van der Waals surface area contributed by atoms with Gasteiger partial charge in [0.1, 0.15) is 5.01 Å². The van der Waals surface area contributed by atoms with Gasteiger partial charge in [0.05, 0.1) is 6.04 Å². The quantitative estimate of drug-likeness (QED) is 0.904. The van der Waals surface area contributed by atoms with Crippen LogP contribution in [0, 0.1) is 5.92 Å². The standard InChI is InChI=1S/C14H21N3OS/c15-11-5-4-10(9-11)14(18)17-7-2-1-3-12(17)13-16-6-8-19-13/h6,8,10-12H,1-5,7,9,15H2. The molecule has 3 rings (SSSR count). The van der Waals surface area contributed by atoms with Gasteiger partial charge in [-0.2, -0.15) is 0 Å². The lowest BCUT2D eigenvalue weighted by molar-refractivity contribution is -0.139. The topological polar surface area (TPSA) is 59.2 Å². The highest BCUT2D eigenvalue weighted by Gasteiger charge is 2.36. The number of carbonyl (C=O) groups is 1. The van der Waals surface area contributed by atoms with Crippen LogP contribution in [-0.2, 0) is 4.79 Å². The van der Waals surface area contributed by atoms with Crippen LogP contribution in [0.3, 0.4) is 0 Å². The van der Waals surface area contributed by atoms with Crippen LogP contribution >= 0.6 is 11.3 Å². The highest BCUT2D eigenvalue weighted by Crippen LogP contribution is 2.35. The monoisotopic (exact) mass is 279 g/mol. The van der Waals surface area contributed by atoms with E-state index in [0.29, 0.717) is 5.91 Å². The first-order chi connectivity index (χ1) is 9.25. The van der Waals surface area contributed by atoms with Crippen LogP contribution in [0.4, 0.5) is 0 Å². The van der Waals surface area contributed by atoms with Gasteiger partial charge < -0.3 is 10.6 Å². The molecule has 2 fully saturated rings. The Morgan fingerprint density at radius 1 is 1.37 bits per heavy atom. The molecule has 1 amide bonds. The smallest absolute Gasteiger partial charge is 0.226 e. The van der Waals surface area contributed by atoms with E-state index in [-0.39, 0.29) is 18.0 Å². The zero-order chi connectivity index (χ0) is 13.2. The number of hydrogen-bond donors (Lipinski definition) is 1. The van der Waals surface area contributed by atoms with E-state index in [1.165, 1.54) is 6.42 Å². The Labute approximate surface area is 118 Å². The van der Waals surface area contributed by atoms with Gasteiger partial charge >= 0.3 is 0 Å². The van der Waals surface area contributed by atoms with Gasteiger partial charge in [0.15, 0.2) is 0 Å². The van der Waals surface area contributed by atoms with Crippen molar-refractivity contribution in [3.8, 4) is 0 Å². The number of piperidine rings is 1. The first-order valence-electron chi connectivity index (χ1n) is 7.21. The first kappa shape index (κ1) is 13.1. The number of thiazole rings is 1. The molecule has 1 aromatic heterocycles. The summed E-state index contributed by atoms with van der Waals surface area (Å²) in [4.78, 5) is 19.2. The molecule has 19 heavy (non-hydrogen) atoms. The Hall–Kier alpha value is -0.940. The molecule has 1 aromatic rings. The molecule has 3 unspecified atom stereocenters. The van der Waals surface area contributed by atoms with E-state index in [4.69, 9.17) is 5.73 Å². The number of nitrogens with two attached hydrogens (primary N) is 1. The summed E-state index contributed by atoms with van der Waals surface area (Å²) in [6.07, 6.45) is 8.01. The molecule has 4 nitrogen and oxygen atoms in total. The summed E-state index contributed by atoms with van der Waals surface area (Å²) in [5.41, 5.74) is 5.94. The van der Waals surface area contributed by atoms with E-state index in [2.05, 4.69) is 9.88 Å². The number of hydrogen-bond acceptors (Lipinski definition) is 4.